The molecule has 17 heavy (non-hydrogen) atoms. The number of carbonyl (C=O) groups excluding carboxylic acids is 1. The number of amides is 1. The van der Waals surface area contributed by atoms with Gasteiger partial charge in [-0.1, -0.05) is 27.2 Å². The number of hydrogen-bond donors (Lipinski definition) is 2. The van der Waals surface area contributed by atoms with E-state index in [1.807, 2.05) is 6.92 Å². The normalized spacial score (nSPS) is 30.5. The lowest BCUT2D eigenvalue weighted by atomic mass is 9.95. The highest BCUT2D eigenvalue weighted by Gasteiger charge is 2.54. The van der Waals surface area contributed by atoms with Gasteiger partial charge in [0, 0.05) is 5.92 Å². The molecule has 0 heterocycles. The first kappa shape index (κ1) is 14.0. The zero-order valence-corrected chi connectivity index (χ0v) is 11.2. The highest BCUT2D eigenvalue weighted by molar-refractivity contribution is 5.89. The molecule has 4 nitrogen and oxygen atoms in total. The van der Waals surface area contributed by atoms with Gasteiger partial charge in [-0.05, 0) is 31.6 Å². The summed E-state index contributed by atoms with van der Waals surface area (Å²) in [5.74, 6) is -1.07. The Bertz CT molecular complexity index is 329. The molecule has 3 unspecified atom stereocenters. The van der Waals surface area contributed by atoms with Crippen LogP contribution in [0, 0.1) is 11.3 Å². The van der Waals surface area contributed by atoms with E-state index in [1.165, 1.54) is 0 Å². The molecule has 1 amide bonds. The van der Waals surface area contributed by atoms with Gasteiger partial charge in [0.15, 0.2) is 0 Å². The number of aliphatic carboxylic acids is 1. The van der Waals surface area contributed by atoms with Gasteiger partial charge in [0.2, 0.25) is 5.91 Å². The van der Waals surface area contributed by atoms with Gasteiger partial charge in [-0.2, -0.15) is 0 Å². The maximum Gasteiger partial charge on any atom is 0.329 e. The van der Waals surface area contributed by atoms with Crippen LogP contribution < -0.4 is 5.32 Å². The number of hydrogen-bond acceptors (Lipinski definition) is 2. The molecule has 1 aliphatic carbocycles. The number of nitrogens with one attached hydrogen (secondary N) is 1. The van der Waals surface area contributed by atoms with Crippen molar-refractivity contribution in [3.8, 4) is 0 Å². The Labute approximate surface area is 103 Å². The van der Waals surface area contributed by atoms with Crippen LogP contribution in [0.25, 0.3) is 0 Å². The lowest BCUT2D eigenvalue weighted by Crippen LogP contribution is -2.52. The molecule has 0 saturated heterocycles. The SMILES string of the molecule is CCCC(C)(NC(=O)C1CC1(C)CC)C(=O)O. The third kappa shape index (κ3) is 2.79. The topological polar surface area (TPSA) is 66.4 Å². The Hall–Kier alpha value is -1.06. The molecule has 1 rings (SSSR count). The summed E-state index contributed by atoms with van der Waals surface area (Å²) < 4.78 is 0. The molecule has 0 aliphatic heterocycles. The first-order chi connectivity index (χ1) is 7.79. The molecule has 1 fully saturated rings. The molecule has 0 bridgehead atoms. The van der Waals surface area contributed by atoms with Crippen molar-refractivity contribution in [3.63, 3.8) is 0 Å². The molecule has 0 spiro atoms. The van der Waals surface area contributed by atoms with E-state index in [0.717, 1.165) is 19.3 Å². The quantitative estimate of drug-likeness (QED) is 0.749. The molecule has 2 N–H and O–H groups in total. The molecule has 3 atom stereocenters. The summed E-state index contributed by atoms with van der Waals surface area (Å²) in [6, 6.07) is 0. The summed E-state index contributed by atoms with van der Waals surface area (Å²) in [5, 5.41) is 11.9. The molecule has 98 valence electrons. The van der Waals surface area contributed by atoms with E-state index in [-0.39, 0.29) is 17.2 Å². The molecule has 0 aromatic rings. The summed E-state index contributed by atoms with van der Waals surface area (Å²) in [6.07, 6.45) is 3.03. The van der Waals surface area contributed by atoms with Crippen molar-refractivity contribution in [2.24, 2.45) is 11.3 Å². The first-order valence-electron chi connectivity index (χ1n) is 6.34. The van der Waals surface area contributed by atoms with Gasteiger partial charge in [-0.15, -0.1) is 0 Å². The number of rotatable bonds is 6. The van der Waals surface area contributed by atoms with Crippen molar-refractivity contribution >= 4 is 11.9 Å². The lowest BCUT2D eigenvalue weighted by Gasteiger charge is -2.26. The largest absolute Gasteiger partial charge is 0.480 e. The second-order valence-electron chi connectivity index (χ2n) is 5.64. The number of carboxylic acids is 1. The highest BCUT2D eigenvalue weighted by Crippen LogP contribution is 2.54. The molecule has 1 aliphatic rings. The van der Waals surface area contributed by atoms with E-state index in [4.69, 9.17) is 0 Å². The van der Waals surface area contributed by atoms with Gasteiger partial charge in [0.25, 0.3) is 0 Å². The van der Waals surface area contributed by atoms with E-state index < -0.39 is 11.5 Å². The Balaban J connectivity index is 2.64. The van der Waals surface area contributed by atoms with E-state index in [9.17, 15) is 14.7 Å². The van der Waals surface area contributed by atoms with Crippen molar-refractivity contribution < 1.29 is 14.7 Å². The van der Waals surface area contributed by atoms with E-state index >= 15 is 0 Å². The Morgan fingerprint density at radius 1 is 1.47 bits per heavy atom. The second kappa shape index (κ2) is 4.67. The van der Waals surface area contributed by atoms with Crippen molar-refractivity contribution in [1.29, 1.82) is 0 Å². The predicted octanol–water partition coefficient (Wildman–Crippen LogP) is 2.18. The number of carbonyl (C=O) groups is 2. The van der Waals surface area contributed by atoms with Crippen LogP contribution in [0.3, 0.4) is 0 Å². The van der Waals surface area contributed by atoms with Gasteiger partial charge in [0.1, 0.15) is 5.54 Å². The summed E-state index contributed by atoms with van der Waals surface area (Å²) >= 11 is 0. The van der Waals surface area contributed by atoms with Gasteiger partial charge < -0.3 is 10.4 Å². The number of carboxylic acid groups (broad SMARTS) is 1. The average Bonchev–Trinajstić information content (AvgIpc) is 2.92. The van der Waals surface area contributed by atoms with Gasteiger partial charge >= 0.3 is 5.97 Å². The van der Waals surface area contributed by atoms with Gasteiger partial charge in [-0.3, -0.25) is 4.79 Å². The summed E-state index contributed by atoms with van der Waals surface area (Å²) in [6.45, 7) is 7.65. The molecule has 0 aromatic heterocycles. The fourth-order valence-electron chi connectivity index (χ4n) is 2.29. The fraction of sp³-hybridized carbons (Fsp3) is 0.846. The molecule has 4 heteroatoms. The fourth-order valence-corrected chi connectivity index (χ4v) is 2.29. The maximum absolute atomic E-state index is 12.0. The van der Waals surface area contributed by atoms with E-state index in [0.29, 0.717) is 6.42 Å². The molecular formula is C13H23NO3. The summed E-state index contributed by atoms with van der Waals surface area (Å²) in [5.41, 5.74) is -1.04. The zero-order chi connectivity index (χ0) is 13.3. The maximum atomic E-state index is 12.0. The van der Waals surface area contributed by atoms with Crippen LogP contribution in [-0.2, 0) is 9.59 Å². The van der Waals surface area contributed by atoms with Crippen LogP contribution in [-0.4, -0.2) is 22.5 Å². The minimum atomic E-state index is -1.12. The smallest absolute Gasteiger partial charge is 0.329 e. The van der Waals surface area contributed by atoms with Crippen LogP contribution in [0.15, 0.2) is 0 Å². The van der Waals surface area contributed by atoms with Crippen molar-refractivity contribution in [3.05, 3.63) is 0 Å². The van der Waals surface area contributed by atoms with Crippen LogP contribution in [0.4, 0.5) is 0 Å². The van der Waals surface area contributed by atoms with Crippen LogP contribution in [0.2, 0.25) is 0 Å². The van der Waals surface area contributed by atoms with Crippen molar-refractivity contribution in [1.82, 2.24) is 5.32 Å². The van der Waals surface area contributed by atoms with Gasteiger partial charge in [-0.25, -0.2) is 4.79 Å². The minimum Gasteiger partial charge on any atom is -0.480 e. The van der Waals surface area contributed by atoms with Crippen LogP contribution in [0.1, 0.15) is 53.4 Å². The summed E-state index contributed by atoms with van der Waals surface area (Å²) in [4.78, 5) is 23.2. The van der Waals surface area contributed by atoms with Crippen molar-refractivity contribution in [2.75, 3.05) is 0 Å². The minimum absolute atomic E-state index is 0.0111. The highest BCUT2D eigenvalue weighted by atomic mass is 16.4. The lowest BCUT2D eigenvalue weighted by molar-refractivity contribution is -0.147. The summed E-state index contributed by atoms with van der Waals surface area (Å²) in [7, 11) is 0. The van der Waals surface area contributed by atoms with E-state index in [2.05, 4.69) is 19.2 Å². The standard InChI is InChI=1S/C13H23NO3/c1-5-7-13(4,11(16)17)14-10(15)9-8-12(9,3)6-2/h9H,5-8H2,1-4H3,(H,14,15)(H,16,17). The average molecular weight is 241 g/mol. The molecular weight excluding hydrogens is 218 g/mol. The van der Waals surface area contributed by atoms with Crippen LogP contribution in [0.5, 0.6) is 0 Å². The monoisotopic (exact) mass is 241 g/mol. The van der Waals surface area contributed by atoms with Crippen LogP contribution >= 0.6 is 0 Å². The Kier molecular flexibility index (Phi) is 3.84. The third-order valence-corrected chi connectivity index (χ3v) is 4.10. The predicted molar refractivity (Wildman–Crippen MR) is 65.6 cm³/mol. The second-order valence-corrected chi connectivity index (χ2v) is 5.64. The van der Waals surface area contributed by atoms with Crippen molar-refractivity contribution in [2.45, 2.75) is 58.9 Å². The van der Waals surface area contributed by atoms with E-state index in [1.54, 1.807) is 6.92 Å². The first-order valence-corrected chi connectivity index (χ1v) is 6.34. The zero-order valence-electron chi connectivity index (χ0n) is 11.2. The Morgan fingerprint density at radius 2 is 2.06 bits per heavy atom. The Morgan fingerprint density at radius 3 is 2.41 bits per heavy atom. The third-order valence-electron chi connectivity index (χ3n) is 4.10. The molecule has 1 saturated carbocycles. The van der Waals surface area contributed by atoms with Gasteiger partial charge in [0.05, 0.1) is 0 Å². The molecule has 0 radical (unpaired) electrons. The molecule has 0 aromatic carbocycles.